The van der Waals surface area contributed by atoms with Gasteiger partial charge in [-0.1, -0.05) is 0 Å². The van der Waals surface area contributed by atoms with Crippen LogP contribution in [0.15, 0.2) is 22.8 Å². The zero-order chi connectivity index (χ0) is 9.90. The van der Waals surface area contributed by atoms with E-state index >= 15 is 0 Å². The number of sulfone groups is 1. The van der Waals surface area contributed by atoms with Gasteiger partial charge in [0, 0.05) is 15.9 Å². The molecule has 0 aliphatic rings. The molecule has 0 fully saturated rings. The summed E-state index contributed by atoms with van der Waals surface area (Å²) in [5, 5.41) is 2.10. The number of rotatable bonds is 0. The number of hydrogen-bond acceptors (Lipinski definition) is 3. The molecule has 0 aliphatic heterocycles. The van der Waals surface area contributed by atoms with Crippen LogP contribution < -0.4 is 0 Å². The first-order valence-electron chi connectivity index (χ1n) is 3.32. The summed E-state index contributed by atoms with van der Waals surface area (Å²) < 4.78 is 22.2. The number of pyridine rings is 1. The molecule has 0 amide bonds. The van der Waals surface area contributed by atoms with Crippen LogP contribution in [-0.4, -0.2) is 19.7 Å². The SMILES string of the molecule is CS(=O)(=O)C#Cc1ccc(Br)cn1. The molecule has 5 heteroatoms. The Kier molecular flexibility index (Phi) is 3.07. The van der Waals surface area contributed by atoms with Gasteiger partial charge >= 0.3 is 0 Å². The summed E-state index contributed by atoms with van der Waals surface area (Å²) in [7, 11) is -3.25. The molecular weight excluding hydrogens is 254 g/mol. The fourth-order valence-electron chi connectivity index (χ4n) is 0.595. The molecule has 0 radical (unpaired) electrons. The van der Waals surface area contributed by atoms with Crippen LogP contribution in [-0.2, 0) is 9.84 Å². The number of halogens is 1. The van der Waals surface area contributed by atoms with Gasteiger partial charge in [-0.3, -0.25) is 0 Å². The van der Waals surface area contributed by atoms with E-state index < -0.39 is 9.84 Å². The Morgan fingerprint density at radius 1 is 1.46 bits per heavy atom. The highest BCUT2D eigenvalue weighted by molar-refractivity contribution is 9.10. The van der Waals surface area contributed by atoms with Gasteiger partial charge in [0.1, 0.15) is 5.69 Å². The van der Waals surface area contributed by atoms with Crippen molar-refractivity contribution >= 4 is 25.8 Å². The van der Waals surface area contributed by atoms with Gasteiger partial charge in [-0.15, -0.1) is 0 Å². The van der Waals surface area contributed by atoms with E-state index in [-0.39, 0.29) is 0 Å². The molecule has 68 valence electrons. The van der Waals surface area contributed by atoms with E-state index in [2.05, 4.69) is 32.1 Å². The Morgan fingerprint density at radius 3 is 2.62 bits per heavy atom. The highest BCUT2D eigenvalue weighted by Crippen LogP contribution is 2.06. The minimum absolute atomic E-state index is 0.439. The van der Waals surface area contributed by atoms with Crippen LogP contribution in [0.3, 0.4) is 0 Å². The van der Waals surface area contributed by atoms with E-state index in [1.54, 1.807) is 18.3 Å². The maximum atomic E-state index is 10.7. The Bertz CT molecular complexity index is 453. The summed E-state index contributed by atoms with van der Waals surface area (Å²) in [6, 6.07) is 3.39. The summed E-state index contributed by atoms with van der Waals surface area (Å²) in [4.78, 5) is 3.90. The zero-order valence-corrected chi connectivity index (χ0v) is 9.18. The van der Waals surface area contributed by atoms with Gasteiger partial charge in [0.2, 0.25) is 9.84 Å². The third-order valence-electron chi connectivity index (χ3n) is 1.09. The van der Waals surface area contributed by atoms with E-state index in [0.717, 1.165) is 10.7 Å². The molecule has 13 heavy (non-hydrogen) atoms. The van der Waals surface area contributed by atoms with Crippen LogP contribution in [0.25, 0.3) is 0 Å². The van der Waals surface area contributed by atoms with Gasteiger partial charge in [-0.25, -0.2) is 13.4 Å². The molecule has 1 aromatic heterocycles. The predicted octanol–water partition coefficient (Wildman–Crippen LogP) is 1.20. The first-order valence-corrected chi connectivity index (χ1v) is 6.00. The van der Waals surface area contributed by atoms with E-state index in [4.69, 9.17) is 0 Å². The van der Waals surface area contributed by atoms with Gasteiger partial charge in [0.25, 0.3) is 0 Å². The van der Waals surface area contributed by atoms with Crippen LogP contribution in [0.2, 0.25) is 0 Å². The Labute approximate surface area is 85.2 Å². The van der Waals surface area contributed by atoms with Crippen LogP contribution >= 0.6 is 15.9 Å². The average Bonchev–Trinajstić information content (AvgIpc) is 2.02. The lowest BCUT2D eigenvalue weighted by Gasteiger charge is -1.88. The van der Waals surface area contributed by atoms with Gasteiger partial charge in [-0.05, 0) is 34.0 Å². The third kappa shape index (κ3) is 4.06. The standard InChI is InChI=1S/C8H6BrNO2S/c1-13(11,12)5-4-8-3-2-7(9)6-10-8/h2-3,6H,1H3. The monoisotopic (exact) mass is 259 g/mol. The lowest BCUT2D eigenvalue weighted by atomic mass is 10.4. The molecule has 0 aliphatic carbocycles. The van der Waals surface area contributed by atoms with E-state index in [1.807, 2.05) is 0 Å². The summed E-state index contributed by atoms with van der Waals surface area (Å²) in [6.45, 7) is 0. The molecule has 0 atom stereocenters. The quantitative estimate of drug-likeness (QED) is 0.658. The molecule has 0 spiro atoms. The molecule has 0 saturated carbocycles. The second kappa shape index (κ2) is 3.90. The Hall–Kier alpha value is -0.860. The number of aromatic nitrogens is 1. The van der Waals surface area contributed by atoms with E-state index in [0.29, 0.717) is 5.69 Å². The summed E-state index contributed by atoms with van der Waals surface area (Å²) in [5.41, 5.74) is 0.439. The molecule has 0 bridgehead atoms. The molecular formula is C8H6BrNO2S. The largest absolute Gasteiger partial charge is 0.247 e. The molecule has 1 heterocycles. The average molecular weight is 260 g/mol. The predicted molar refractivity (Wildman–Crippen MR) is 53.7 cm³/mol. The Morgan fingerprint density at radius 2 is 2.15 bits per heavy atom. The first kappa shape index (κ1) is 10.2. The van der Waals surface area contributed by atoms with Gasteiger partial charge < -0.3 is 0 Å². The second-order valence-electron chi connectivity index (χ2n) is 2.36. The lowest BCUT2D eigenvalue weighted by Crippen LogP contribution is -1.89. The highest BCUT2D eigenvalue weighted by atomic mass is 79.9. The van der Waals surface area contributed by atoms with Crippen molar-refractivity contribution in [1.29, 1.82) is 0 Å². The minimum atomic E-state index is -3.25. The van der Waals surface area contributed by atoms with Crippen molar-refractivity contribution < 1.29 is 8.42 Å². The van der Waals surface area contributed by atoms with Crippen molar-refractivity contribution in [3.05, 3.63) is 28.5 Å². The summed E-state index contributed by atoms with van der Waals surface area (Å²) in [5.74, 6) is 2.44. The first-order chi connectivity index (χ1) is 5.97. The smallest absolute Gasteiger partial charge is 0.214 e. The number of hydrogen-bond donors (Lipinski definition) is 0. The maximum Gasteiger partial charge on any atom is 0.214 e. The molecule has 1 rings (SSSR count). The van der Waals surface area contributed by atoms with Crippen molar-refractivity contribution in [2.45, 2.75) is 0 Å². The minimum Gasteiger partial charge on any atom is -0.247 e. The van der Waals surface area contributed by atoms with Crippen LogP contribution in [0.1, 0.15) is 5.69 Å². The second-order valence-corrected chi connectivity index (χ2v) is 5.03. The molecule has 0 aromatic carbocycles. The van der Waals surface area contributed by atoms with Crippen molar-refractivity contribution in [2.75, 3.05) is 6.26 Å². The van der Waals surface area contributed by atoms with Crippen molar-refractivity contribution in [1.82, 2.24) is 4.98 Å². The van der Waals surface area contributed by atoms with Gasteiger partial charge in [-0.2, -0.15) is 0 Å². The number of nitrogens with zero attached hydrogens (tertiary/aromatic N) is 1. The van der Waals surface area contributed by atoms with E-state index in [9.17, 15) is 8.42 Å². The third-order valence-corrected chi connectivity index (χ3v) is 2.03. The lowest BCUT2D eigenvalue weighted by molar-refractivity contribution is 0.611. The zero-order valence-electron chi connectivity index (χ0n) is 6.78. The maximum absolute atomic E-state index is 10.7. The van der Waals surface area contributed by atoms with Crippen LogP contribution in [0, 0.1) is 11.2 Å². The van der Waals surface area contributed by atoms with Crippen molar-refractivity contribution in [2.24, 2.45) is 0 Å². The molecule has 1 aromatic rings. The van der Waals surface area contributed by atoms with Gasteiger partial charge in [0.05, 0.1) is 6.26 Å². The molecule has 0 saturated heterocycles. The van der Waals surface area contributed by atoms with Crippen molar-refractivity contribution in [3.63, 3.8) is 0 Å². The normalized spacial score (nSPS) is 10.3. The molecule has 0 unspecified atom stereocenters. The topological polar surface area (TPSA) is 47.0 Å². The van der Waals surface area contributed by atoms with Crippen LogP contribution in [0.4, 0.5) is 0 Å². The summed E-state index contributed by atoms with van der Waals surface area (Å²) >= 11 is 3.21. The van der Waals surface area contributed by atoms with E-state index in [1.165, 1.54) is 0 Å². The fraction of sp³-hybridized carbons (Fsp3) is 0.125. The van der Waals surface area contributed by atoms with Gasteiger partial charge in [0.15, 0.2) is 0 Å². The molecule has 0 N–H and O–H groups in total. The molecule has 3 nitrogen and oxygen atoms in total. The highest BCUT2D eigenvalue weighted by Gasteiger charge is 1.93. The fourth-order valence-corrected chi connectivity index (χ4v) is 1.12. The van der Waals surface area contributed by atoms with Crippen LogP contribution in [0.5, 0.6) is 0 Å². The summed E-state index contributed by atoms with van der Waals surface area (Å²) in [6.07, 6.45) is 2.62. The van der Waals surface area contributed by atoms with Crippen molar-refractivity contribution in [3.8, 4) is 11.2 Å². The Balaban J connectivity index is 2.98.